The van der Waals surface area contributed by atoms with Crippen molar-refractivity contribution in [2.24, 2.45) is 5.73 Å². The second kappa shape index (κ2) is 5.67. The first-order valence-electron chi connectivity index (χ1n) is 6.58. The highest BCUT2D eigenvalue weighted by Gasteiger charge is 2.39. The Bertz CT molecular complexity index is 332. The van der Waals surface area contributed by atoms with E-state index in [-0.39, 0.29) is 5.25 Å². The van der Waals surface area contributed by atoms with Crippen molar-refractivity contribution in [1.82, 2.24) is 4.31 Å². The van der Waals surface area contributed by atoms with Gasteiger partial charge in [0.1, 0.15) is 0 Å². The van der Waals surface area contributed by atoms with Crippen LogP contribution in [0, 0.1) is 0 Å². The lowest BCUT2D eigenvalue weighted by Gasteiger charge is -2.39. The van der Waals surface area contributed by atoms with Gasteiger partial charge < -0.3 is 5.73 Å². The highest BCUT2D eigenvalue weighted by atomic mass is 32.2. The average Bonchev–Trinajstić information content (AvgIpc) is 2.30. The molecule has 2 N–H and O–H groups in total. The molecule has 102 valence electrons. The lowest BCUT2D eigenvalue weighted by molar-refractivity contribution is 0.239. The minimum absolute atomic E-state index is 0.193. The zero-order valence-electron chi connectivity index (χ0n) is 11.3. The van der Waals surface area contributed by atoms with E-state index in [2.05, 4.69) is 0 Å². The first-order chi connectivity index (χ1) is 7.86. The summed E-state index contributed by atoms with van der Waals surface area (Å²) in [6.45, 7) is 6.54. The van der Waals surface area contributed by atoms with E-state index in [0.717, 1.165) is 25.7 Å². The Hall–Kier alpha value is -0.130. The molecular formula is C12H26N2O2S. The molecule has 0 spiro atoms. The Morgan fingerprint density at radius 3 is 2.18 bits per heavy atom. The Morgan fingerprint density at radius 2 is 1.76 bits per heavy atom. The van der Waals surface area contributed by atoms with Crippen LogP contribution in [0.5, 0.6) is 0 Å². The molecule has 0 bridgehead atoms. The molecule has 0 amide bonds. The third-order valence-corrected chi connectivity index (χ3v) is 6.42. The van der Waals surface area contributed by atoms with Crippen LogP contribution < -0.4 is 5.73 Å². The summed E-state index contributed by atoms with van der Waals surface area (Å²) in [5.74, 6) is 0. The summed E-state index contributed by atoms with van der Waals surface area (Å²) in [5.41, 5.74) is 5.22. The zero-order chi connectivity index (χ0) is 13.1. The van der Waals surface area contributed by atoms with Crippen molar-refractivity contribution in [2.45, 2.75) is 63.7 Å². The molecule has 4 nitrogen and oxygen atoms in total. The molecule has 1 saturated carbocycles. The lowest BCUT2D eigenvalue weighted by Crippen LogP contribution is -2.54. The first-order valence-corrected chi connectivity index (χ1v) is 8.08. The van der Waals surface area contributed by atoms with Gasteiger partial charge in [-0.25, -0.2) is 8.42 Å². The second-order valence-corrected chi connectivity index (χ2v) is 7.62. The van der Waals surface area contributed by atoms with Crippen molar-refractivity contribution in [3.05, 3.63) is 0 Å². The summed E-state index contributed by atoms with van der Waals surface area (Å²) in [4.78, 5) is 0. The lowest BCUT2D eigenvalue weighted by atomic mass is 10.0. The number of sulfonamides is 1. The van der Waals surface area contributed by atoms with Gasteiger partial charge in [0, 0.05) is 18.6 Å². The van der Waals surface area contributed by atoms with Crippen molar-refractivity contribution in [3.63, 3.8) is 0 Å². The fourth-order valence-corrected chi connectivity index (χ4v) is 5.01. The smallest absolute Gasteiger partial charge is 0.217 e. The van der Waals surface area contributed by atoms with E-state index in [0.29, 0.717) is 13.1 Å². The zero-order valence-corrected chi connectivity index (χ0v) is 12.1. The molecule has 1 aliphatic rings. The van der Waals surface area contributed by atoms with E-state index in [1.807, 2.05) is 20.8 Å². The largest absolute Gasteiger partial charge is 0.329 e. The number of likely N-dealkylation sites (N-methyl/N-ethyl adjacent to an activating group) is 1. The average molecular weight is 262 g/mol. The molecule has 0 aliphatic heterocycles. The van der Waals surface area contributed by atoms with Crippen molar-refractivity contribution >= 4 is 10.0 Å². The van der Waals surface area contributed by atoms with Gasteiger partial charge in [-0.3, -0.25) is 0 Å². The first kappa shape index (κ1) is 14.9. The Labute approximate surface area is 106 Å². The van der Waals surface area contributed by atoms with Gasteiger partial charge in [0.2, 0.25) is 10.0 Å². The SMILES string of the molecule is CCN(C(C)(C)CN)S(=O)(=O)C1CCCCC1. The molecular weight excluding hydrogens is 236 g/mol. The number of nitrogens with two attached hydrogens (primary N) is 1. The maximum Gasteiger partial charge on any atom is 0.217 e. The van der Waals surface area contributed by atoms with E-state index < -0.39 is 15.6 Å². The minimum atomic E-state index is -3.19. The summed E-state index contributed by atoms with van der Waals surface area (Å²) in [6, 6.07) is 0. The predicted octanol–water partition coefficient (Wildman–Crippen LogP) is 1.71. The van der Waals surface area contributed by atoms with Crippen LogP contribution in [0.3, 0.4) is 0 Å². The minimum Gasteiger partial charge on any atom is -0.329 e. The quantitative estimate of drug-likeness (QED) is 0.820. The summed E-state index contributed by atoms with van der Waals surface area (Å²) in [6.07, 6.45) is 4.84. The van der Waals surface area contributed by atoms with E-state index in [1.54, 1.807) is 4.31 Å². The number of hydrogen-bond donors (Lipinski definition) is 1. The van der Waals surface area contributed by atoms with E-state index >= 15 is 0 Å². The molecule has 5 heteroatoms. The van der Waals surface area contributed by atoms with Crippen molar-refractivity contribution in [3.8, 4) is 0 Å². The number of hydrogen-bond acceptors (Lipinski definition) is 3. The molecule has 0 radical (unpaired) electrons. The molecule has 0 atom stereocenters. The predicted molar refractivity (Wildman–Crippen MR) is 71.3 cm³/mol. The molecule has 1 rings (SSSR count). The van der Waals surface area contributed by atoms with Crippen LogP contribution in [0.1, 0.15) is 52.9 Å². The van der Waals surface area contributed by atoms with Crippen LogP contribution in [0.2, 0.25) is 0 Å². The topological polar surface area (TPSA) is 63.4 Å². The highest BCUT2D eigenvalue weighted by molar-refractivity contribution is 7.89. The molecule has 0 aromatic carbocycles. The summed E-state index contributed by atoms with van der Waals surface area (Å²) >= 11 is 0. The van der Waals surface area contributed by atoms with Crippen LogP contribution in [0.15, 0.2) is 0 Å². The molecule has 0 aromatic rings. The molecule has 0 saturated heterocycles. The van der Waals surface area contributed by atoms with Crippen LogP contribution in [0.4, 0.5) is 0 Å². The van der Waals surface area contributed by atoms with Crippen LogP contribution in [-0.4, -0.2) is 36.6 Å². The van der Waals surface area contributed by atoms with E-state index in [1.165, 1.54) is 6.42 Å². The van der Waals surface area contributed by atoms with Crippen molar-refractivity contribution < 1.29 is 8.42 Å². The van der Waals surface area contributed by atoms with Crippen molar-refractivity contribution in [2.75, 3.05) is 13.1 Å². The Balaban J connectivity index is 2.93. The Morgan fingerprint density at radius 1 is 1.24 bits per heavy atom. The van der Waals surface area contributed by atoms with Gasteiger partial charge in [-0.05, 0) is 26.7 Å². The maximum absolute atomic E-state index is 12.6. The third-order valence-electron chi connectivity index (χ3n) is 3.74. The van der Waals surface area contributed by atoms with Gasteiger partial charge >= 0.3 is 0 Å². The summed E-state index contributed by atoms with van der Waals surface area (Å²) in [5, 5.41) is -0.193. The maximum atomic E-state index is 12.6. The van der Waals surface area contributed by atoms with Gasteiger partial charge in [0.05, 0.1) is 5.25 Å². The van der Waals surface area contributed by atoms with Crippen molar-refractivity contribution in [1.29, 1.82) is 0 Å². The van der Waals surface area contributed by atoms with Crippen LogP contribution in [-0.2, 0) is 10.0 Å². The highest BCUT2D eigenvalue weighted by Crippen LogP contribution is 2.29. The second-order valence-electron chi connectivity index (χ2n) is 5.49. The van der Waals surface area contributed by atoms with Gasteiger partial charge in [-0.1, -0.05) is 26.2 Å². The van der Waals surface area contributed by atoms with E-state index in [4.69, 9.17) is 5.73 Å². The number of rotatable bonds is 5. The van der Waals surface area contributed by atoms with Gasteiger partial charge in [-0.2, -0.15) is 4.31 Å². The monoisotopic (exact) mass is 262 g/mol. The molecule has 1 aliphatic carbocycles. The number of nitrogens with zero attached hydrogens (tertiary/aromatic N) is 1. The fourth-order valence-electron chi connectivity index (χ4n) is 2.60. The Kier molecular flexibility index (Phi) is 4.98. The van der Waals surface area contributed by atoms with E-state index in [9.17, 15) is 8.42 Å². The van der Waals surface area contributed by atoms with Crippen LogP contribution >= 0.6 is 0 Å². The van der Waals surface area contributed by atoms with Gasteiger partial charge in [0.25, 0.3) is 0 Å². The summed E-state index contributed by atoms with van der Waals surface area (Å²) in [7, 11) is -3.19. The molecule has 0 heterocycles. The van der Waals surface area contributed by atoms with Gasteiger partial charge in [0.15, 0.2) is 0 Å². The molecule has 0 unspecified atom stereocenters. The molecule has 1 fully saturated rings. The molecule has 17 heavy (non-hydrogen) atoms. The third kappa shape index (κ3) is 3.20. The molecule has 0 aromatic heterocycles. The fraction of sp³-hybridized carbons (Fsp3) is 1.00. The standard InChI is InChI=1S/C12H26N2O2S/c1-4-14(12(2,3)10-13)17(15,16)11-8-6-5-7-9-11/h11H,4-10,13H2,1-3H3. The van der Waals surface area contributed by atoms with Crippen LogP contribution in [0.25, 0.3) is 0 Å². The van der Waals surface area contributed by atoms with Gasteiger partial charge in [-0.15, -0.1) is 0 Å². The summed E-state index contributed by atoms with van der Waals surface area (Å²) < 4.78 is 26.8. The normalized spacial score (nSPS) is 19.8.